The Morgan fingerprint density at radius 1 is 1.00 bits per heavy atom. The molecule has 10 heteroatoms. The molecule has 1 fully saturated rings. The first kappa shape index (κ1) is 33.5. The number of likely N-dealkylation sites (tertiary alicyclic amines) is 1. The normalized spacial score (nSPS) is 16.6. The molecule has 45 heavy (non-hydrogen) atoms. The van der Waals surface area contributed by atoms with Crippen molar-refractivity contribution >= 4 is 23.9 Å². The van der Waals surface area contributed by atoms with E-state index in [0.29, 0.717) is 19.4 Å². The molecule has 1 aliphatic heterocycles. The molecule has 3 N–H and O–H groups in total. The molecule has 240 valence electrons. The maximum atomic E-state index is 12.9. The zero-order chi connectivity index (χ0) is 32.2. The quantitative estimate of drug-likeness (QED) is 0.147. The van der Waals surface area contributed by atoms with Gasteiger partial charge in [0.05, 0.1) is 25.1 Å². The Morgan fingerprint density at radius 3 is 2.33 bits per heavy atom. The summed E-state index contributed by atoms with van der Waals surface area (Å²) in [6.07, 6.45) is 5.12. The average molecular weight is 618 g/mol. The summed E-state index contributed by atoms with van der Waals surface area (Å²) in [6, 6.07) is 14.9. The maximum absolute atomic E-state index is 12.9. The predicted molar refractivity (Wildman–Crippen MR) is 170 cm³/mol. The fourth-order valence-electron chi connectivity index (χ4n) is 6.05. The zero-order valence-corrected chi connectivity index (χ0v) is 25.6. The van der Waals surface area contributed by atoms with E-state index in [1.165, 1.54) is 0 Å². The molecular weight excluding hydrogens is 574 g/mol. The molecule has 3 amide bonds. The molecule has 1 saturated heterocycles. The number of benzene rings is 2. The van der Waals surface area contributed by atoms with Crippen LogP contribution >= 0.6 is 0 Å². The number of fused-ring (bicyclic) bond motifs is 3. The largest absolute Gasteiger partial charge is 0.462 e. The van der Waals surface area contributed by atoms with E-state index in [9.17, 15) is 24.3 Å². The molecule has 1 heterocycles. The minimum atomic E-state index is -0.958. The smallest absolute Gasteiger partial charge is 0.407 e. The van der Waals surface area contributed by atoms with Crippen LogP contribution in [0.15, 0.2) is 73.8 Å². The fourth-order valence-corrected chi connectivity index (χ4v) is 6.05. The number of esters is 1. The second-order valence-electron chi connectivity index (χ2n) is 11.3. The number of aliphatic hydroxyl groups excluding tert-OH is 1. The van der Waals surface area contributed by atoms with E-state index in [2.05, 4.69) is 35.9 Å². The number of aliphatic hydroxyl groups is 1. The van der Waals surface area contributed by atoms with Gasteiger partial charge in [-0.25, -0.2) is 9.59 Å². The first-order valence-electron chi connectivity index (χ1n) is 15.6. The Kier molecular flexibility index (Phi) is 12.3. The van der Waals surface area contributed by atoms with Gasteiger partial charge in [0.1, 0.15) is 19.3 Å². The molecule has 2 aromatic rings. The van der Waals surface area contributed by atoms with Gasteiger partial charge in [-0.1, -0.05) is 60.7 Å². The summed E-state index contributed by atoms with van der Waals surface area (Å²) < 4.78 is 11.0. The van der Waals surface area contributed by atoms with Crippen LogP contribution in [0.4, 0.5) is 4.79 Å². The van der Waals surface area contributed by atoms with Gasteiger partial charge in [0.2, 0.25) is 11.8 Å². The number of carbonyl (C=O) groups is 4. The highest BCUT2D eigenvalue weighted by Crippen LogP contribution is 2.44. The molecule has 3 unspecified atom stereocenters. The topological polar surface area (TPSA) is 134 Å². The van der Waals surface area contributed by atoms with Crippen molar-refractivity contribution in [2.24, 2.45) is 5.92 Å². The number of rotatable bonds is 16. The third-order valence-electron chi connectivity index (χ3n) is 8.38. The predicted octanol–water partition coefficient (Wildman–Crippen LogP) is 4.09. The highest BCUT2D eigenvalue weighted by molar-refractivity contribution is 5.86. The summed E-state index contributed by atoms with van der Waals surface area (Å²) in [5.74, 6) is -1.91. The van der Waals surface area contributed by atoms with Gasteiger partial charge < -0.3 is 30.1 Å². The van der Waals surface area contributed by atoms with Crippen molar-refractivity contribution in [3.63, 3.8) is 0 Å². The number of allylic oxidation sites excluding steroid dienone is 2. The minimum Gasteiger partial charge on any atom is -0.462 e. The Hall–Kier alpha value is -4.44. The lowest BCUT2D eigenvalue weighted by atomic mass is 9.98. The lowest BCUT2D eigenvalue weighted by Crippen LogP contribution is -2.43. The van der Waals surface area contributed by atoms with Crippen LogP contribution in [0.2, 0.25) is 0 Å². The van der Waals surface area contributed by atoms with E-state index in [4.69, 9.17) is 9.47 Å². The van der Waals surface area contributed by atoms with Gasteiger partial charge in [-0.3, -0.25) is 9.59 Å². The SMILES string of the molecule is C=CCCC(NC(=O)OCC1c2ccccc2-c2ccccc21)C(=O)OCCNC(=O)C(CC=C)CC(=O)N1CCCC1CO. The lowest BCUT2D eigenvalue weighted by Gasteiger charge is -2.25. The molecular formula is C35H43N3O7. The van der Waals surface area contributed by atoms with Crippen LogP contribution in [0.1, 0.15) is 55.6 Å². The van der Waals surface area contributed by atoms with Gasteiger partial charge in [0, 0.05) is 18.9 Å². The molecule has 2 aromatic carbocycles. The Morgan fingerprint density at radius 2 is 1.69 bits per heavy atom. The monoisotopic (exact) mass is 617 g/mol. The van der Waals surface area contributed by atoms with Gasteiger partial charge in [-0.2, -0.15) is 0 Å². The number of nitrogens with zero attached hydrogens (tertiary/aromatic N) is 1. The van der Waals surface area contributed by atoms with Gasteiger partial charge in [0.15, 0.2) is 0 Å². The summed E-state index contributed by atoms with van der Waals surface area (Å²) in [5, 5.41) is 14.9. The van der Waals surface area contributed by atoms with E-state index in [1.54, 1.807) is 17.1 Å². The molecule has 0 spiro atoms. The minimum absolute atomic E-state index is 0.00181. The molecule has 4 rings (SSSR count). The van der Waals surface area contributed by atoms with Crippen molar-refractivity contribution in [1.29, 1.82) is 0 Å². The Labute approximate surface area is 264 Å². The van der Waals surface area contributed by atoms with Crippen molar-refractivity contribution in [2.45, 2.75) is 56.5 Å². The zero-order valence-electron chi connectivity index (χ0n) is 25.6. The summed E-state index contributed by atoms with van der Waals surface area (Å²) in [6.45, 7) is 7.89. The standard InChI is InChI=1S/C35H43N3O7/c1-3-5-17-31(37-35(43)45-23-30-28-15-8-6-13-26(28)27-14-7-9-16-29(27)30)34(42)44-20-18-36-33(41)24(11-4-2)21-32(40)38-19-10-12-25(38)22-39/h3-4,6-9,13-16,24-25,30-31,39H,1-2,5,10-12,17-23H2,(H,36,41)(H,37,43). The highest BCUT2D eigenvalue weighted by atomic mass is 16.6. The maximum Gasteiger partial charge on any atom is 0.407 e. The van der Waals surface area contributed by atoms with Crippen molar-refractivity contribution in [2.75, 3.05) is 32.9 Å². The number of ether oxygens (including phenoxy) is 2. The van der Waals surface area contributed by atoms with Gasteiger partial charge in [-0.15, -0.1) is 13.2 Å². The van der Waals surface area contributed by atoms with Crippen LogP contribution in [-0.4, -0.2) is 78.9 Å². The summed E-state index contributed by atoms with van der Waals surface area (Å²) in [7, 11) is 0. The van der Waals surface area contributed by atoms with Crippen LogP contribution in [0, 0.1) is 5.92 Å². The average Bonchev–Trinajstić information content (AvgIpc) is 3.66. The number of hydrogen-bond donors (Lipinski definition) is 3. The molecule has 0 aromatic heterocycles. The lowest BCUT2D eigenvalue weighted by molar-refractivity contribution is -0.146. The summed E-state index contributed by atoms with van der Waals surface area (Å²) in [5.41, 5.74) is 4.40. The van der Waals surface area contributed by atoms with Crippen molar-refractivity contribution < 1.29 is 33.8 Å². The Bertz CT molecular complexity index is 1330. The van der Waals surface area contributed by atoms with E-state index in [0.717, 1.165) is 35.1 Å². The first-order chi connectivity index (χ1) is 21.9. The molecule has 2 aliphatic rings. The van der Waals surface area contributed by atoms with E-state index >= 15 is 0 Å². The number of carbonyl (C=O) groups excluding carboxylic acids is 4. The van der Waals surface area contributed by atoms with Gasteiger partial charge in [0.25, 0.3) is 0 Å². The first-order valence-corrected chi connectivity index (χ1v) is 15.6. The van der Waals surface area contributed by atoms with Crippen molar-refractivity contribution in [1.82, 2.24) is 15.5 Å². The van der Waals surface area contributed by atoms with E-state index < -0.39 is 24.0 Å². The van der Waals surface area contributed by atoms with E-state index in [-0.39, 0.29) is 63.0 Å². The Balaban J connectivity index is 1.24. The second-order valence-corrected chi connectivity index (χ2v) is 11.3. The van der Waals surface area contributed by atoms with Crippen LogP contribution in [0.3, 0.4) is 0 Å². The van der Waals surface area contributed by atoms with Crippen molar-refractivity contribution in [3.8, 4) is 11.1 Å². The third-order valence-corrected chi connectivity index (χ3v) is 8.38. The number of hydrogen-bond acceptors (Lipinski definition) is 7. The summed E-state index contributed by atoms with van der Waals surface area (Å²) >= 11 is 0. The number of nitrogens with one attached hydrogen (secondary N) is 2. The van der Waals surface area contributed by atoms with Crippen LogP contribution < -0.4 is 10.6 Å². The molecule has 0 radical (unpaired) electrons. The van der Waals surface area contributed by atoms with Crippen molar-refractivity contribution in [3.05, 3.63) is 85.0 Å². The number of amides is 3. The van der Waals surface area contributed by atoms with Crippen LogP contribution in [0.5, 0.6) is 0 Å². The van der Waals surface area contributed by atoms with Gasteiger partial charge in [-0.05, 0) is 54.4 Å². The van der Waals surface area contributed by atoms with Crippen LogP contribution in [-0.2, 0) is 23.9 Å². The molecule has 1 aliphatic carbocycles. The third kappa shape index (κ3) is 8.60. The molecule has 3 atom stereocenters. The number of alkyl carbamates (subject to hydrolysis) is 1. The second kappa shape index (κ2) is 16.6. The fraction of sp³-hybridized carbons (Fsp3) is 0.429. The summed E-state index contributed by atoms with van der Waals surface area (Å²) in [4.78, 5) is 52.9. The molecule has 10 nitrogen and oxygen atoms in total. The molecule has 0 bridgehead atoms. The highest BCUT2D eigenvalue weighted by Gasteiger charge is 2.32. The van der Waals surface area contributed by atoms with E-state index in [1.807, 2.05) is 36.4 Å². The molecule has 0 saturated carbocycles. The van der Waals surface area contributed by atoms with Crippen LogP contribution in [0.25, 0.3) is 11.1 Å². The van der Waals surface area contributed by atoms with Gasteiger partial charge >= 0.3 is 12.1 Å².